The Morgan fingerprint density at radius 1 is 1.27 bits per heavy atom. The highest BCUT2D eigenvalue weighted by Crippen LogP contribution is 2.32. The standard InChI is InChI=1S/C10H12N2O2S/c1-10(2,3)8-7-5-4-6-11-9(7)15(13,14)12-8/h4-6H,1-3H3. The van der Waals surface area contributed by atoms with Crippen LogP contribution in [-0.4, -0.2) is 19.1 Å². The lowest BCUT2D eigenvalue weighted by Gasteiger charge is -2.17. The number of pyridine rings is 1. The summed E-state index contributed by atoms with van der Waals surface area (Å²) in [5.74, 6) is 0. The van der Waals surface area contributed by atoms with Crippen LogP contribution in [0.25, 0.3) is 0 Å². The third-order valence-electron chi connectivity index (χ3n) is 2.19. The molecule has 0 atom stereocenters. The van der Waals surface area contributed by atoms with Crippen molar-refractivity contribution in [3.63, 3.8) is 0 Å². The Kier molecular flexibility index (Phi) is 1.98. The van der Waals surface area contributed by atoms with Gasteiger partial charge in [0.05, 0.1) is 5.71 Å². The van der Waals surface area contributed by atoms with E-state index in [0.29, 0.717) is 11.3 Å². The molecule has 0 saturated heterocycles. The summed E-state index contributed by atoms with van der Waals surface area (Å²) < 4.78 is 27.1. The van der Waals surface area contributed by atoms with Crippen LogP contribution < -0.4 is 0 Å². The molecular formula is C10H12N2O2S. The summed E-state index contributed by atoms with van der Waals surface area (Å²) in [4.78, 5) is 3.87. The molecule has 0 N–H and O–H groups in total. The lowest BCUT2D eigenvalue weighted by molar-refractivity contribution is 0.589. The van der Waals surface area contributed by atoms with Gasteiger partial charge >= 0.3 is 10.0 Å². The Morgan fingerprint density at radius 3 is 2.53 bits per heavy atom. The van der Waals surface area contributed by atoms with Crippen LogP contribution in [-0.2, 0) is 10.0 Å². The van der Waals surface area contributed by atoms with E-state index < -0.39 is 10.0 Å². The topological polar surface area (TPSA) is 59.4 Å². The van der Waals surface area contributed by atoms with Crippen molar-refractivity contribution in [2.75, 3.05) is 0 Å². The van der Waals surface area contributed by atoms with Gasteiger partial charge < -0.3 is 0 Å². The first-order chi connectivity index (χ1) is 6.82. The van der Waals surface area contributed by atoms with Crippen LogP contribution in [0.3, 0.4) is 0 Å². The Balaban J connectivity index is 2.75. The summed E-state index contributed by atoms with van der Waals surface area (Å²) in [5, 5.41) is 0.0786. The molecule has 1 aromatic rings. The third-order valence-corrected chi connectivity index (χ3v) is 3.43. The number of fused-ring (bicyclic) bond motifs is 1. The average Bonchev–Trinajstić information content (AvgIpc) is 2.39. The van der Waals surface area contributed by atoms with E-state index in [2.05, 4.69) is 9.38 Å². The first-order valence-corrected chi connectivity index (χ1v) is 6.07. The zero-order valence-corrected chi connectivity index (χ0v) is 9.67. The Hall–Kier alpha value is -1.23. The lowest BCUT2D eigenvalue weighted by atomic mass is 9.86. The predicted molar refractivity (Wildman–Crippen MR) is 57.4 cm³/mol. The van der Waals surface area contributed by atoms with Crippen molar-refractivity contribution in [2.24, 2.45) is 9.81 Å². The van der Waals surface area contributed by atoms with Gasteiger partial charge in [-0.05, 0) is 12.1 Å². The number of hydrogen-bond acceptors (Lipinski definition) is 3. The van der Waals surface area contributed by atoms with Crippen molar-refractivity contribution >= 4 is 15.7 Å². The minimum atomic E-state index is -3.56. The van der Waals surface area contributed by atoms with Crippen LogP contribution in [0, 0.1) is 5.41 Å². The highest BCUT2D eigenvalue weighted by Gasteiger charge is 2.35. The molecule has 2 rings (SSSR count). The Bertz CT molecular complexity index is 539. The van der Waals surface area contributed by atoms with E-state index in [0.717, 1.165) is 0 Å². The van der Waals surface area contributed by atoms with E-state index in [4.69, 9.17) is 0 Å². The van der Waals surface area contributed by atoms with Gasteiger partial charge in [0, 0.05) is 17.2 Å². The number of sulfonamides is 1. The quantitative estimate of drug-likeness (QED) is 0.672. The first kappa shape index (κ1) is 10.3. The van der Waals surface area contributed by atoms with E-state index >= 15 is 0 Å². The molecule has 5 heteroatoms. The number of aromatic nitrogens is 1. The van der Waals surface area contributed by atoms with Gasteiger partial charge in [0.25, 0.3) is 0 Å². The summed E-state index contributed by atoms with van der Waals surface area (Å²) in [5.41, 5.74) is 0.928. The van der Waals surface area contributed by atoms with Crippen molar-refractivity contribution in [2.45, 2.75) is 25.8 Å². The summed E-state index contributed by atoms with van der Waals surface area (Å²) in [6.07, 6.45) is 1.47. The fourth-order valence-corrected chi connectivity index (χ4v) is 2.87. The summed E-state index contributed by atoms with van der Waals surface area (Å²) in [7, 11) is -3.56. The van der Waals surface area contributed by atoms with Gasteiger partial charge in [0.15, 0.2) is 5.03 Å². The molecule has 0 aliphatic carbocycles. The maximum absolute atomic E-state index is 11.7. The van der Waals surface area contributed by atoms with Gasteiger partial charge in [-0.25, -0.2) is 4.98 Å². The second kappa shape index (κ2) is 2.88. The minimum absolute atomic E-state index is 0.0786. The Labute approximate surface area is 89.1 Å². The number of rotatable bonds is 0. The second-order valence-corrected chi connectivity index (χ2v) is 6.04. The normalized spacial score (nSPS) is 18.5. The second-order valence-electron chi connectivity index (χ2n) is 4.52. The zero-order chi connectivity index (χ0) is 11.3. The molecule has 0 fully saturated rings. The molecule has 80 valence electrons. The molecule has 0 spiro atoms. The van der Waals surface area contributed by atoms with Crippen molar-refractivity contribution in [3.05, 3.63) is 23.9 Å². The summed E-state index contributed by atoms with van der Waals surface area (Å²) >= 11 is 0. The van der Waals surface area contributed by atoms with Crippen molar-refractivity contribution in [1.82, 2.24) is 4.98 Å². The van der Waals surface area contributed by atoms with Crippen LogP contribution in [0.4, 0.5) is 0 Å². The van der Waals surface area contributed by atoms with E-state index in [1.54, 1.807) is 12.1 Å². The van der Waals surface area contributed by atoms with Crippen LogP contribution in [0.5, 0.6) is 0 Å². The fraction of sp³-hybridized carbons (Fsp3) is 0.400. The summed E-state index contributed by atoms with van der Waals surface area (Å²) in [6, 6.07) is 3.47. The molecule has 1 aliphatic heterocycles. The molecule has 0 amide bonds. The van der Waals surface area contributed by atoms with Gasteiger partial charge in [0.2, 0.25) is 0 Å². The molecular weight excluding hydrogens is 212 g/mol. The van der Waals surface area contributed by atoms with E-state index in [9.17, 15) is 8.42 Å². The average molecular weight is 224 g/mol. The molecule has 2 heterocycles. The van der Waals surface area contributed by atoms with Crippen molar-refractivity contribution in [3.8, 4) is 0 Å². The van der Waals surface area contributed by atoms with Gasteiger partial charge in [-0.1, -0.05) is 20.8 Å². The van der Waals surface area contributed by atoms with Crippen LogP contribution in [0.2, 0.25) is 0 Å². The lowest BCUT2D eigenvalue weighted by Crippen LogP contribution is -2.19. The molecule has 15 heavy (non-hydrogen) atoms. The largest absolute Gasteiger partial charge is 0.300 e. The highest BCUT2D eigenvalue weighted by molar-refractivity contribution is 7.90. The first-order valence-electron chi connectivity index (χ1n) is 4.63. The molecule has 1 aromatic heterocycles. The molecule has 0 bridgehead atoms. The fourth-order valence-electron chi connectivity index (χ4n) is 1.53. The van der Waals surface area contributed by atoms with Crippen molar-refractivity contribution in [1.29, 1.82) is 0 Å². The van der Waals surface area contributed by atoms with E-state index in [-0.39, 0.29) is 10.4 Å². The zero-order valence-electron chi connectivity index (χ0n) is 8.85. The maximum Gasteiger partial charge on any atom is 0.300 e. The van der Waals surface area contributed by atoms with E-state index in [1.165, 1.54) is 6.20 Å². The minimum Gasteiger partial charge on any atom is -0.242 e. The number of nitrogens with zero attached hydrogens (tertiary/aromatic N) is 2. The third kappa shape index (κ3) is 1.56. The van der Waals surface area contributed by atoms with E-state index in [1.807, 2.05) is 20.8 Å². The molecule has 0 saturated carbocycles. The van der Waals surface area contributed by atoms with Crippen LogP contribution in [0.1, 0.15) is 26.3 Å². The summed E-state index contributed by atoms with van der Waals surface area (Å²) in [6.45, 7) is 5.80. The number of hydrogen-bond donors (Lipinski definition) is 0. The van der Waals surface area contributed by atoms with Gasteiger partial charge in [0.1, 0.15) is 0 Å². The Morgan fingerprint density at radius 2 is 1.93 bits per heavy atom. The smallest absolute Gasteiger partial charge is 0.242 e. The molecule has 1 aliphatic rings. The molecule has 0 unspecified atom stereocenters. The van der Waals surface area contributed by atoms with Crippen LogP contribution >= 0.6 is 0 Å². The van der Waals surface area contributed by atoms with Gasteiger partial charge in [-0.3, -0.25) is 0 Å². The highest BCUT2D eigenvalue weighted by atomic mass is 32.2. The molecule has 0 radical (unpaired) electrons. The van der Waals surface area contributed by atoms with Gasteiger partial charge in [-0.2, -0.15) is 12.8 Å². The predicted octanol–water partition coefficient (Wildman–Crippen LogP) is 1.62. The maximum atomic E-state index is 11.7. The monoisotopic (exact) mass is 224 g/mol. The van der Waals surface area contributed by atoms with Crippen molar-refractivity contribution < 1.29 is 8.42 Å². The van der Waals surface area contributed by atoms with Crippen LogP contribution in [0.15, 0.2) is 27.8 Å². The molecule has 4 nitrogen and oxygen atoms in total. The molecule has 0 aromatic carbocycles. The van der Waals surface area contributed by atoms with Gasteiger partial charge in [-0.15, -0.1) is 0 Å². The SMILES string of the molecule is CC(C)(C)C1=NS(=O)(=O)c2ncccc21.